The maximum atomic E-state index is 13.2. The molecule has 2 atom stereocenters. The van der Waals surface area contributed by atoms with Crippen molar-refractivity contribution in [1.29, 1.82) is 0 Å². The number of hydrogen-bond acceptors (Lipinski definition) is 4. The topological polar surface area (TPSA) is 80.9 Å². The molecule has 2 unspecified atom stereocenters. The molecule has 0 bridgehead atoms. The van der Waals surface area contributed by atoms with Gasteiger partial charge in [0.1, 0.15) is 23.0 Å². The zero-order chi connectivity index (χ0) is 50.7. The van der Waals surface area contributed by atoms with Crippen LogP contribution >= 0.6 is 0 Å². The van der Waals surface area contributed by atoms with Crippen LogP contribution in [-0.4, -0.2) is 20.4 Å². The van der Waals surface area contributed by atoms with E-state index in [9.17, 15) is 20.4 Å². The smallest absolute Gasteiger partial charge is 0.127 e. The summed E-state index contributed by atoms with van der Waals surface area (Å²) in [6.07, 6.45) is 0. The number of phenols is 4. The van der Waals surface area contributed by atoms with Crippen LogP contribution in [0.15, 0.2) is 255 Å². The van der Waals surface area contributed by atoms with Crippen LogP contribution in [-0.2, 0) is 0 Å². The lowest BCUT2D eigenvalue weighted by molar-refractivity contribution is 0.460. The maximum Gasteiger partial charge on any atom is 0.127 e. The van der Waals surface area contributed by atoms with Gasteiger partial charge in [0.05, 0.1) is 0 Å². The quantitative estimate of drug-likeness (QED) is 0.0920. The summed E-state index contributed by atoms with van der Waals surface area (Å²) in [5, 5.41) is 50.0. The summed E-state index contributed by atoms with van der Waals surface area (Å²) in [6.45, 7) is 4.03. The van der Waals surface area contributed by atoms with Gasteiger partial charge in [0.25, 0.3) is 0 Å². The zero-order valence-electron chi connectivity index (χ0n) is 41.2. The van der Waals surface area contributed by atoms with E-state index in [1.807, 2.05) is 201 Å². The van der Waals surface area contributed by atoms with Gasteiger partial charge < -0.3 is 20.4 Å². The monoisotopic (exact) mass is 958 g/mol. The van der Waals surface area contributed by atoms with Crippen molar-refractivity contribution >= 4 is 0 Å². The molecule has 11 aromatic rings. The third kappa shape index (κ3) is 9.22. The molecular weight excluding hydrogens is 905 g/mol. The van der Waals surface area contributed by atoms with Crippen molar-refractivity contribution in [2.45, 2.75) is 25.7 Å². The summed E-state index contributed by atoms with van der Waals surface area (Å²) in [5.74, 6) is -0.316. The van der Waals surface area contributed by atoms with Crippen molar-refractivity contribution < 1.29 is 20.4 Å². The van der Waals surface area contributed by atoms with Crippen LogP contribution in [0.5, 0.6) is 23.0 Å². The molecule has 0 saturated heterocycles. The Morgan fingerprint density at radius 3 is 0.946 bits per heavy atom. The molecule has 0 heterocycles. The lowest BCUT2D eigenvalue weighted by Crippen LogP contribution is -2.07. The average molecular weight is 959 g/mol. The molecule has 11 rings (SSSR count). The molecule has 11 aromatic carbocycles. The molecule has 4 heteroatoms. The summed E-state index contributed by atoms with van der Waals surface area (Å²) in [5.41, 5.74) is 16.1. The summed E-state index contributed by atoms with van der Waals surface area (Å²) in [4.78, 5) is 0. The van der Waals surface area contributed by atoms with Gasteiger partial charge in [0.15, 0.2) is 0 Å². The van der Waals surface area contributed by atoms with Gasteiger partial charge in [-0.25, -0.2) is 0 Å². The van der Waals surface area contributed by atoms with E-state index in [4.69, 9.17) is 0 Å². The fourth-order valence-electron chi connectivity index (χ4n) is 10.5. The van der Waals surface area contributed by atoms with E-state index in [2.05, 4.69) is 67.6 Å². The molecule has 0 aliphatic rings. The Morgan fingerprint density at radius 2 is 0.554 bits per heavy atom. The van der Waals surface area contributed by atoms with Crippen molar-refractivity contribution in [3.05, 3.63) is 288 Å². The third-order valence-electron chi connectivity index (χ3n) is 14.5. The summed E-state index contributed by atoms with van der Waals surface area (Å²) in [7, 11) is 0. The van der Waals surface area contributed by atoms with Crippen LogP contribution in [0, 0.1) is 6.92 Å². The van der Waals surface area contributed by atoms with Gasteiger partial charge in [0, 0.05) is 50.8 Å². The number of phenolic OH excluding ortho intramolecular Hbond substituents is 4. The van der Waals surface area contributed by atoms with Crippen molar-refractivity contribution in [2.24, 2.45) is 0 Å². The van der Waals surface area contributed by atoms with Crippen LogP contribution in [0.4, 0.5) is 0 Å². The predicted molar refractivity (Wildman–Crippen MR) is 304 cm³/mol. The second kappa shape index (κ2) is 20.4. The van der Waals surface area contributed by atoms with Crippen LogP contribution < -0.4 is 0 Å². The molecule has 358 valence electrons. The third-order valence-corrected chi connectivity index (χ3v) is 14.5. The first-order valence-electron chi connectivity index (χ1n) is 25.1. The number of hydrogen-bond donors (Lipinski definition) is 4. The Hall–Kier alpha value is -9.38. The zero-order valence-corrected chi connectivity index (χ0v) is 41.2. The van der Waals surface area contributed by atoms with E-state index in [0.717, 1.165) is 72.3 Å². The molecule has 0 amide bonds. The minimum absolute atomic E-state index is 0.0786. The molecule has 0 saturated carbocycles. The summed E-state index contributed by atoms with van der Waals surface area (Å²) < 4.78 is 0. The van der Waals surface area contributed by atoms with E-state index in [1.54, 1.807) is 0 Å². The average Bonchev–Trinajstić information content (AvgIpc) is 3.46. The lowest BCUT2D eigenvalue weighted by atomic mass is 9.78. The molecule has 74 heavy (non-hydrogen) atoms. The van der Waals surface area contributed by atoms with Crippen LogP contribution in [0.2, 0.25) is 0 Å². The van der Waals surface area contributed by atoms with Gasteiger partial charge in [-0.15, -0.1) is 0 Å². The number of aromatic hydroxyl groups is 4. The van der Waals surface area contributed by atoms with Gasteiger partial charge in [-0.2, -0.15) is 0 Å². The molecule has 0 aromatic heterocycles. The Morgan fingerprint density at radius 1 is 0.257 bits per heavy atom. The molecule has 0 radical (unpaired) electrons. The van der Waals surface area contributed by atoms with E-state index >= 15 is 0 Å². The highest BCUT2D eigenvalue weighted by Crippen LogP contribution is 2.51. The van der Waals surface area contributed by atoms with E-state index in [1.165, 1.54) is 0 Å². The Balaban J connectivity index is 1.21. The molecule has 4 N–H and O–H groups in total. The van der Waals surface area contributed by atoms with Gasteiger partial charge >= 0.3 is 0 Å². The Kier molecular flexibility index (Phi) is 12.9. The second-order valence-electron chi connectivity index (χ2n) is 19.1. The Labute approximate surface area is 433 Å². The molecule has 4 nitrogen and oxygen atoms in total. The van der Waals surface area contributed by atoms with Crippen LogP contribution in [0.25, 0.3) is 77.9 Å². The standard InChI is InChI=1S/C70H54O4/c1-45-37-55(39-60(67(45)71)50-25-13-5-14-26-50)57-41-62(52-29-17-7-18-30-52)69(73)64(43-57)66(54-35-33-49(34-36-54)48-23-11-4-12-24-48)65-44-58(42-63(70(65)74)53-31-19-8-20-32-53)56-38-59(46(2)47-21-9-3-10-22-47)68(72)61(40-56)51-27-15-6-16-28-51/h3-44,46,66,71-74H,1-2H3. The van der Waals surface area contributed by atoms with Gasteiger partial charge in [-0.1, -0.05) is 213 Å². The number of rotatable bonds is 12. The highest BCUT2D eigenvalue weighted by molar-refractivity contribution is 5.88. The molecule has 0 fully saturated rings. The van der Waals surface area contributed by atoms with Gasteiger partial charge in [0.2, 0.25) is 0 Å². The second-order valence-corrected chi connectivity index (χ2v) is 19.1. The first-order chi connectivity index (χ1) is 36.2. The van der Waals surface area contributed by atoms with Crippen molar-refractivity contribution in [3.8, 4) is 101 Å². The fraction of sp³-hybridized carbons (Fsp3) is 0.0571. The first-order valence-corrected chi connectivity index (χ1v) is 25.1. The minimum Gasteiger partial charge on any atom is -0.507 e. The molecular formula is C70H54O4. The van der Waals surface area contributed by atoms with Crippen molar-refractivity contribution in [1.82, 2.24) is 0 Å². The highest BCUT2D eigenvalue weighted by atomic mass is 16.3. The number of aryl methyl sites for hydroxylation is 1. The van der Waals surface area contributed by atoms with Crippen molar-refractivity contribution in [2.75, 3.05) is 0 Å². The normalized spacial score (nSPS) is 12.0. The van der Waals surface area contributed by atoms with E-state index < -0.39 is 5.92 Å². The summed E-state index contributed by atoms with van der Waals surface area (Å²) >= 11 is 0. The van der Waals surface area contributed by atoms with E-state index in [-0.39, 0.29) is 28.9 Å². The summed E-state index contributed by atoms with van der Waals surface area (Å²) in [6, 6.07) is 84.8. The molecule has 0 spiro atoms. The predicted octanol–water partition coefficient (Wildman–Crippen LogP) is 17.8. The minimum atomic E-state index is -0.732. The highest BCUT2D eigenvalue weighted by Gasteiger charge is 2.29. The largest absolute Gasteiger partial charge is 0.507 e. The lowest BCUT2D eigenvalue weighted by Gasteiger charge is -2.26. The number of benzene rings is 11. The van der Waals surface area contributed by atoms with Crippen LogP contribution in [0.1, 0.15) is 52.1 Å². The SMILES string of the molecule is Cc1cc(-c2cc(-c3ccccc3)c(O)c(C(c3ccc(-c4ccccc4)cc3)c3cc(-c4cc(-c5ccccc5)c(O)c(C(C)c5ccccc5)c4)cc(-c4ccccc4)c3O)c2)cc(-c2ccccc2)c1O. The van der Waals surface area contributed by atoms with E-state index in [0.29, 0.717) is 38.9 Å². The van der Waals surface area contributed by atoms with Gasteiger partial charge in [-0.3, -0.25) is 0 Å². The first kappa shape index (κ1) is 47.0. The van der Waals surface area contributed by atoms with Gasteiger partial charge in [-0.05, 0) is 128 Å². The Bertz CT molecular complexity index is 3750. The molecule has 0 aliphatic carbocycles. The fourth-order valence-corrected chi connectivity index (χ4v) is 10.5. The van der Waals surface area contributed by atoms with Crippen LogP contribution in [0.3, 0.4) is 0 Å². The molecule has 0 aliphatic heterocycles. The maximum absolute atomic E-state index is 13.2. The van der Waals surface area contributed by atoms with Crippen molar-refractivity contribution in [3.63, 3.8) is 0 Å².